The fourth-order valence-electron chi connectivity index (χ4n) is 3.02. The van der Waals surface area contributed by atoms with Gasteiger partial charge in [0.25, 0.3) is 5.91 Å². The Bertz CT molecular complexity index is 871. The van der Waals surface area contributed by atoms with Gasteiger partial charge in [-0.05, 0) is 42.7 Å². The molecule has 1 aliphatic rings. The number of aromatic nitrogens is 2. The van der Waals surface area contributed by atoms with Gasteiger partial charge in [0.05, 0.1) is 0 Å². The summed E-state index contributed by atoms with van der Waals surface area (Å²) in [7, 11) is 0. The molecule has 0 atom stereocenters. The van der Waals surface area contributed by atoms with E-state index in [1.54, 1.807) is 12.4 Å². The molecule has 0 bridgehead atoms. The molecule has 0 saturated carbocycles. The van der Waals surface area contributed by atoms with Crippen LogP contribution in [-0.4, -0.2) is 33.9 Å². The van der Waals surface area contributed by atoms with E-state index in [1.807, 2.05) is 59.5 Å². The van der Waals surface area contributed by atoms with E-state index in [-0.39, 0.29) is 5.91 Å². The zero-order valence-electron chi connectivity index (χ0n) is 14.3. The standard InChI is InChI=1S/C21H19N3O2/c25-20(24-12-4-5-13-24)17-10-8-16(9-11-17)18-14-22-21(23-15-18)26-19-6-2-1-3-7-19/h1-3,6-11,14-15H,4-5,12-13H2. The van der Waals surface area contributed by atoms with Crippen molar-refractivity contribution in [3.05, 3.63) is 72.6 Å². The maximum absolute atomic E-state index is 12.4. The zero-order chi connectivity index (χ0) is 17.8. The first-order chi connectivity index (χ1) is 12.8. The number of ether oxygens (including phenoxy) is 1. The number of para-hydroxylation sites is 1. The predicted molar refractivity (Wildman–Crippen MR) is 99.1 cm³/mol. The molecular formula is C21H19N3O2. The Morgan fingerprint density at radius 1 is 0.846 bits per heavy atom. The Hall–Kier alpha value is -3.21. The summed E-state index contributed by atoms with van der Waals surface area (Å²) in [4.78, 5) is 22.8. The molecule has 0 spiro atoms. The summed E-state index contributed by atoms with van der Waals surface area (Å²) in [6.07, 6.45) is 5.64. The molecule has 0 N–H and O–H groups in total. The van der Waals surface area contributed by atoms with E-state index in [0.717, 1.165) is 42.6 Å². The molecule has 4 rings (SSSR count). The van der Waals surface area contributed by atoms with Crippen molar-refractivity contribution in [1.82, 2.24) is 14.9 Å². The summed E-state index contributed by atoms with van der Waals surface area (Å²) in [6, 6.07) is 17.3. The minimum atomic E-state index is 0.108. The highest BCUT2D eigenvalue weighted by Gasteiger charge is 2.19. The lowest BCUT2D eigenvalue weighted by atomic mass is 10.1. The first-order valence-corrected chi connectivity index (χ1v) is 8.74. The molecule has 5 nitrogen and oxygen atoms in total. The number of nitrogens with zero attached hydrogens (tertiary/aromatic N) is 3. The molecule has 1 amide bonds. The molecule has 1 aromatic heterocycles. The van der Waals surface area contributed by atoms with E-state index in [2.05, 4.69) is 9.97 Å². The van der Waals surface area contributed by atoms with Gasteiger partial charge in [-0.3, -0.25) is 4.79 Å². The van der Waals surface area contributed by atoms with Gasteiger partial charge >= 0.3 is 6.01 Å². The summed E-state index contributed by atoms with van der Waals surface area (Å²) in [5.74, 6) is 0.807. The van der Waals surface area contributed by atoms with Crippen molar-refractivity contribution < 1.29 is 9.53 Å². The molecule has 0 aliphatic carbocycles. The van der Waals surface area contributed by atoms with Crippen LogP contribution in [0.5, 0.6) is 11.8 Å². The minimum absolute atomic E-state index is 0.108. The molecule has 1 aliphatic heterocycles. The molecule has 130 valence electrons. The van der Waals surface area contributed by atoms with Gasteiger partial charge in [0.15, 0.2) is 0 Å². The van der Waals surface area contributed by atoms with Gasteiger partial charge in [-0.1, -0.05) is 30.3 Å². The van der Waals surface area contributed by atoms with Crippen LogP contribution in [0.1, 0.15) is 23.2 Å². The van der Waals surface area contributed by atoms with Crippen LogP contribution in [0.15, 0.2) is 67.0 Å². The van der Waals surface area contributed by atoms with E-state index in [4.69, 9.17) is 4.74 Å². The van der Waals surface area contributed by atoms with Crippen LogP contribution in [-0.2, 0) is 0 Å². The third-order valence-electron chi connectivity index (χ3n) is 4.44. The lowest BCUT2D eigenvalue weighted by Gasteiger charge is -2.15. The Balaban J connectivity index is 1.46. The van der Waals surface area contributed by atoms with E-state index >= 15 is 0 Å². The summed E-state index contributed by atoms with van der Waals surface area (Å²) in [6.45, 7) is 1.72. The van der Waals surface area contributed by atoms with Gasteiger partial charge in [-0.2, -0.15) is 0 Å². The largest absolute Gasteiger partial charge is 0.424 e. The van der Waals surface area contributed by atoms with Crippen LogP contribution in [0.25, 0.3) is 11.1 Å². The Morgan fingerprint density at radius 2 is 1.50 bits per heavy atom. The highest BCUT2D eigenvalue weighted by Crippen LogP contribution is 2.22. The number of hydrogen-bond donors (Lipinski definition) is 0. The summed E-state index contributed by atoms with van der Waals surface area (Å²) in [5, 5.41) is 0. The van der Waals surface area contributed by atoms with Gasteiger partial charge < -0.3 is 9.64 Å². The van der Waals surface area contributed by atoms with Crippen LogP contribution < -0.4 is 4.74 Å². The van der Waals surface area contributed by atoms with Crippen molar-refractivity contribution in [1.29, 1.82) is 0 Å². The van der Waals surface area contributed by atoms with Crippen molar-refractivity contribution in [3.63, 3.8) is 0 Å². The lowest BCUT2D eigenvalue weighted by molar-refractivity contribution is 0.0793. The summed E-state index contributed by atoms with van der Waals surface area (Å²) < 4.78 is 5.60. The number of hydrogen-bond acceptors (Lipinski definition) is 4. The molecule has 5 heteroatoms. The molecule has 1 fully saturated rings. The van der Waals surface area contributed by atoms with Gasteiger partial charge in [-0.15, -0.1) is 0 Å². The highest BCUT2D eigenvalue weighted by atomic mass is 16.5. The summed E-state index contributed by atoms with van der Waals surface area (Å²) >= 11 is 0. The molecule has 26 heavy (non-hydrogen) atoms. The molecule has 3 aromatic rings. The predicted octanol–water partition coefficient (Wildman–Crippen LogP) is 4.17. The number of rotatable bonds is 4. The van der Waals surface area contributed by atoms with Crippen molar-refractivity contribution in [2.75, 3.05) is 13.1 Å². The number of amides is 1. The number of carbonyl (C=O) groups is 1. The van der Waals surface area contributed by atoms with Gasteiger partial charge in [0, 0.05) is 36.6 Å². The average molecular weight is 345 g/mol. The Labute approximate surface area is 152 Å². The smallest absolute Gasteiger partial charge is 0.321 e. The third kappa shape index (κ3) is 3.57. The van der Waals surface area contributed by atoms with E-state index in [9.17, 15) is 4.79 Å². The summed E-state index contributed by atoms with van der Waals surface area (Å²) in [5.41, 5.74) is 2.57. The maximum atomic E-state index is 12.4. The Kier molecular flexibility index (Phi) is 4.60. The van der Waals surface area contributed by atoms with Crippen LogP contribution in [0.3, 0.4) is 0 Å². The topological polar surface area (TPSA) is 55.3 Å². The van der Waals surface area contributed by atoms with E-state index in [1.165, 1.54) is 0 Å². The van der Waals surface area contributed by atoms with E-state index < -0.39 is 0 Å². The van der Waals surface area contributed by atoms with Crippen LogP contribution in [0, 0.1) is 0 Å². The van der Waals surface area contributed by atoms with E-state index in [0.29, 0.717) is 11.8 Å². The van der Waals surface area contributed by atoms with Gasteiger partial charge in [-0.25, -0.2) is 9.97 Å². The molecule has 0 unspecified atom stereocenters. The Morgan fingerprint density at radius 3 is 2.15 bits per heavy atom. The molecule has 0 radical (unpaired) electrons. The number of likely N-dealkylation sites (tertiary alicyclic amines) is 1. The fraction of sp³-hybridized carbons (Fsp3) is 0.190. The number of benzene rings is 2. The number of carbonyl (C=O) groups excluding carboxylic acids is 1. The van der Waals surface area contributed by atoms with Crippen molar-refractivity contribution in [3.8, 4) is 22.9 Å². The quantitative estimate of drug-likeness (QED) is 0.712. The molecular weight excluding hydrogens is 326 g/mol. The van der Waals surface area contributed by atoms with Gasteiger partial charge in [0.1, 0.15) is 5.75 Å². The van der Waals surface area contributed by atoms with Crippen molar-refractivity contribution >= 4 is 5.91 Å². The SMILES string of the molecule is O=C(c1ccc(-c2cnc(Oc3ccccc3)nc2)cc1)N1CCCC1. The molecule has 2 aromatic carbocycles. The second-order valence-corrected chi connectivity index (χ2v) is 6.25. The first-order valence-electron chi connectivity index (χ1n) is 8.74. The van der Waals surface area contributed by atoms with Gasteiger partial charge in [0.2, 0.25) is 0 Å². The van der Waals surface area contributed by atoms with Crippen molar-refractivity contribution in [2.24, 2.45) is 0 Å². The fourth-order valence-corrected chi connectivity index (χ4v) is 3.02. The lowest BCUT2D eigenvalue weighted by Crippen LogP contribution is -2.27. The second-order valence-electron chi connectivity index (χ2n) is 6.25. The average Bonchev–Trinajstić information content (AvgIpc) is 3.24. The first kappa shape index (κ1) is 16.3. The van der Waals surface area contributed by atoms with Crippen molar-refractivity contribution in [2.45, 2.75) is 12.8 Å². The van der Waals surface area contributed by atoms with Crippen LogP contribution in [0.2, 0.25) is 0 Å². The molecule has 2 heterocycles. The second kappa shape index (κ2) is 7.35. The third-order valence-corrected chi connectivity index (χ3v) is 4.44. The van der Waals surface area contributed by atoms with Crippen LogP contribution in [0.4, 0.5) is 0 Å². The highest BCUT2D eigenvalue weighted by molar-refractivity contribution is 5.94. The minimum Gasteiger partial charge on any atom is -0.424 e. The monoisotopic (exact) mass is 345 g/mol. The maximum Gasteiger partial charge on any atom is 0.321 e. The zero-order valence-corrected chi connectivity index (χ0v) is 14.3. The normalized spacial score (nSPS) is 13.6. The molecule has 1 saturated heterocycles. The van der Waals surface area contributed by atoms with Crippen LogP contribution >= 0.6 is 0 Å².